The van der Waals surface area contributed by atoms with E-state index in [1.807, 2.05) is 34.9 Å². The van der Waals surface area contributed by atoms with Gasteiger partial charge in [0.05, 0.1) is 32.2 Å². The molecule has 0 atom stereocenters. The summed E-state index contributed by atoms with van der Waals surface area (Å²) in [7, 11) is 0. The zero-order valence-corrected chi connectivity index (χ0v) is 17.0. The number of aromatic nitrogens is 3. The summed E-state index contributed by atoms with van der Waals surface area (Å²) in [5.74, 6) is -0.226. The molecule has 9 heteroatoms. The number of fused-ring (bicyclic) bond motifs is 3. The maximum absolute atomic E-state index is 12.4. The highest BCUT2D eigenvalue weighted by Gasteiger charge is 2.24. The van der Waals surface area contributed by atoms with Gasteiger partial charge in [-0.2, -0.15) is 0 Å². The molecule has 1 aliphatic heterocycles. The molecule has 6 nitrogen and oxygen atoms in total. The number of aliphatic imine (C=N–C) groups is 1. The van der Waals surface area contributed by atoms with Crippen LogP contribution in [0.4, 0.5) is 5.69 Å². The van der Waals surface area contributed by atoms with E-state index in [0.717, 1.165) is 22.2 Å². The standard InChI is InChI=1S/C20H11Cl2N5OS/c21-12-2-1-3-13(22)18(12)25-20-26-19(28)16(29-20)9-11-4-5-14-15(8-11)27-7-6-23-17(27)10-24-14/h1-10H,(H,25,26,28). The third kappa shape index (κ3) is 3.37. The number of imidazole rings is 1. The van der Waals surface area contributed by atoms with Gasteiger partial charge in [-0.1, -0.05) is 35.3 Å². The Morgan fingerprint density at radius 1 is 1.14 bits per heavy atom. The Hall–Kier alpha value is -2.87. The van der Waals surface area contributed by atoms with Crippen molar-refractivity contribution in [1.29, 1.82) is 0 Å². The Morgan fingerprint density at radius 2 is 1.97 bits per heavy atom. The van der Waals surface area contributed by atoms with Crippen LogP contribution in [0.5, 0.6) is 0 Å². The van der Waals surface area contributed by atoms with Crippen molar-refractivity contribution < 1.29 is 4.79 Å². The summed E-state index contributed by atoms with van der Waals surface area (Å²) in [5, 5.41) is 4.02. The first kappa shape index (κ1) is 18.2. The van der Waals surface area contributed by atoms with Gasteiger partial charge in [0.25, 0.3) is 5.91 Å². The maximum atomic E-state index is 12.4. The fraction of sp³-hybridized carbons (Fsp3) is 0. The molecule has 0 bridgehead atoms. The van der Waals surface area contributed by atoms with E-state index in [4.69, 9.17) is 23.2 Å². The molecule has 3 heterocycles. The van der Waals surface area contributed by atoms with Crippen LogP contribution in [0.25, 0.3) is 22.8 Å². The molecule has 1 N–H and O–H groups in total. The number of hydrogen-bond donors (Lipinski definition) is 1. The topological polar surface area (TPSA) is 71.7 Å². The number of rotatable bonds is 2. The summed E-state index contributed by atoms with van der Waals surface area (Å²) in [6, 6.07) is 10.9. The molecule has 0 radical (unpaired) electrons. The number of thioether (sulfide) groups is 1. The van der Waals surface area contributed by atoms with Gasteiger partial charge in [0.15, 0.2) is 10.8 Å². The summed E-state index contributed by atoms with van der Waals surface area (Å²) in [6.45, 7) is 0. The molecule has 29 heavy (non-hydrogen) atoms. The summed E-state index contributed by atoms with van der Waals surface area (Å²) in [6.07, 6.45) is 7.14. The molecule has 2 aromatic heterocycles. The summed E-state index contributed by atoms with van der Waals surface area (Å²) in [4.78, 5) is 26.0. The number of hydrogen-bond acceptors (Lipinski definition) is 5. The minimum Gasteiger partial charge on any atom is -0.300 e. The van der Waals surface area contributed by atoms with Gasteiger partial charge in [0, 0.05) is 12.4 Å². The van der Waals surface area contributed by atoms with E-state index >= 15 is 0 Å². The maximum Gasteiger partial charge on any atom is 0.264 e. The lowest BCUT2D eigenvalue weighted by molar-refractivity contribution is -0.115. The van der Waals surface area contributed by atoms with Gasteiger partial charge in [-0.15, -0.1) is 0 Å². The second-order valence-corrected chi connectivity index (χ2v) is 8.06. The van der Waals surface area contributed by atoms with Crippen molar-refractivity contribution in [1.82, 2.24) is 19.7 Å². The molecule has 0 unspecified atom stereocenters. The molecule has 1 saturated heterocycles. The van der Waals surface area contributed by atoms with E-state index in [1.54, 1.807) is 30.6 Å². The molecule has 4 aromatic rings. The average Bonchev–Trinajstić information content (AvgIpc) is 3.32. The van der Waals surface area contributed by atoms with Gasteiger partial charge in [0.2, 0.25) is 0 Å². The van der Waals surface area contributed by atoms with E-state index in [0.29, 0.717) is 25.8 Å². The number of amidine groups is 1. The molecule has 1 amide bonds. The Balaban J connectivity index is 1.51. The minimum atomic E-state index is -0.226. The second kappa shape index (κ2) is 7.18. The zero-order chi connectivity index (χ0) is 20.0. The van der Waals surface area contributed by atoms with E-state index in [1.165, 1.54) is 11.8 Å². The fourth-order valence-corrected chi connectivity index (χ4v) is 4.31. The van der Waals surface area contributed by atoms with Gasteiger partial charge in [-0.3, -0.25) is 14.2 Å². The van der Waals surface area contributed by atoms with Gasteiger partial charge in [-0.25, -0.2) is 9.98 Å². The van der Waals surface area contributed by atoms with E-state index in [9.17, 15) is 4.79 Å². The lowest BCUT2D eigenvalue weighted by Crippen LogP contribution is -2.19. The minimum absolute atomic E-state index is 0.226. The summed E-state index contributed by atoms with van der Waals surface area (Å²) >= 11 is 13.6. The Labute approximate surface area is 179 Å². The highest BCUT2D eigenvalue weighted by Crippen LogP contribution is 2.35. The van der Waals surface area contributed by atoms with Crippen LogP contribution in [0.2, 0.25) is 10.0 Å². The van der Waals surface area contributed by atoms with E-state index < -0.39 is 0 Å². The molecular weight excluding hydrogens is 429 g/mol. The van der Waals surface area contributed by atoms with Crippen molar-refractivity contribution >= 4 is 74.5 Å². The van der Waals surface area contributed by atoms with Crippen molar-refractivity contribution in [3.8, 4) is 0 Å². The van der Waals surface area contributed by atoms with E-state index in [2.05, 4.69) is 20.3 Å². The van der Waals surface area contributed by atoms with Crippen molar-refractivity contribution in [2.24, 2.45) is 4.99 Å². The van der Waals surface area contributed by atoms with Crippen molar-refractivity contribution in [3.63, 3.8) is 0 Å². The quantitative estimate of drug-likeness (QED) is 0.442. The summed E-state index contributed by atoms with van der Waals surface area (Å²) in [5.41, 5.74) is 3.82. The second-order valence-electron chi connectivity index (χ2n) is 6.21. The Kier molecular flexibility index (Phi) is 4.50. The summed E-state index contributed by atoms with van der Waals surface area (Å²) < 4.78 is 1.96. The van der Waals surface area contributed by atoms with Crippen LogP contribution in [-0.4, -0.2) is 25.4 Å². The van der Waals surface area contributed by atoms with Crippen molar-refractivity contribution in [2.45, 2.75) is 0 Å². The molecule has 0 aliphatic carbocycles. The number of carbonyl (C=O) groups is 1. The normalized spacial score (nSPS) is 17.0. The Morgan fingerprint density at radius 3 is 2.79 bits per heavy atom. The van der Waals surface area contributed by atoms with Crippen LogP contribution in [0, 0.1) is 0 Å². The van der Waals surface area contributed by atoms with Gasteiger partial charge < -0.3 is 5.32 Å². The van der Waals surface area contributed by atoms with Gasteiger partial charge >= 0.3 is 0 Å². The molecule has 2 aromatic carbocycles. The number of carbonyl (C=O) groups excluding carboxylic acids is 1. The lowest BCUT2D eigenvalue weighted by atomic mass is 10.1. The van der Waals surface area contributed by atoms with Crippen molar-refractivity contribution in [2.75, 3.05) is 0 Å². The highest BCUT2D eigenvalue weighted by molar-refractivity contribution is 8.18. The van der Waals surface area contributed by atoms with E-state index in [-0.39, 0.29) is 5.91 Å². The molecule has 0 spiro atoms. The SMILES string of the molecule is O=C1NC(=Nc2c(Cl)cccc2Cl)SC1=Cc1ccc2ncc3nccn3c2c1. The number of halogens is 2. The highest BCUT2D eigenvalue weighted by atomic mass is 35.5. The first-order valence-electron chi connectivity index (χ1n) is 8.54. The van der Waals surface area contributed by atoms with Crippen LogP contribution in [0.3, 0.4) is 0 Å². The Bertz CT molecular complexity index is 1340. The van der Waals surface area contributed by atoms with Crippen LogP contribution in [0.1, 0.15) is 5.56 Å². The predicted octanol–water partition coefficient (Wildman–Crippen LogP) is 5.08. The molecule has 1 fully saturated rings. The molecule has 0 saturated carbocycles. The average molecular weight is 440 g/mol. The van der Waals surface area contributed by atoms with Gasteiger partial charge in [0.1, 0.15) is 5.69 Å². The first-order valence-corrected chi connectivity index (χ1v) is 10.1. The number of nitrogens with zero attached hydrogens (tertiary/aromatic N) is 4. The van der Waals surface area contributed by atoms with Gasteiger partial charge in [-0.05, 0) is 47.7 Å². The van der Waals surface area contributed by atoms with Crippen LogP contribution in [0.15, 0.2) is 64.9 Å². The smallest absolute Gasteiger partial charge is 0.264 e. The van der Waals surface area contributed by atoms with Crippen LogP contribution in [-0.2, 0) is 4.79 Å². The first-order chi connectivity index (χ1) is 14.1. The third-order valence-electron chi connectivity index (χ3n) is 4.35. The molecule has 5 rings (SSSR count). The monoisotopic (exact) mass is 439 g/mol. The van der Waals surface area contributed by atoms with Crippen LogP contribution >= 0.6 is 35.0 Å². The third-order valence-corrected chi connectivity index (χ3v) is 5.87. The van der Waals surface area contributed by atoms with Crippen LogP contribution < -0.4 is 5.32 Å². The van der Waals surface area contributed by atoms with Crippen molar-refractivity contribution in [3.05, 3.63) is 75.5 Å². The number of para-hydroxylation sites is 1. The fourth-order valence-electron chi connectivity index (χ4n) is 3.00. The largest absolute Gasteiger partial charge is 0.300 e. The molecular formula is C20H11Cl2N5OS. The number of benzene rings is 2. The predicted molar refractivity (Wildman–Crippen MR) is 118 cm³/mol. The molecule has 1 aliphatic rings. The number of amides is 1. The molecule has 142 valence electrons. The lowest BCUT2D eigenvalue weighted by Gasteiger charge is -2.03. The number of nitrogens with one attached hydrogen (secondary N) is 1. The zero-order valence-electron chi connectivity index (χ0n) is 14.6.